The van der Waals surface area contributed by atoms with E-state index in [2.05, 4.69) is 18.2 Å². The van der Waals surface area contributed by atoms with Gasteiger partial charge in [-0.1, -0.05) is 18.2 Å². The lowest BCUT2D eigenvalue weighted by Gasteiger charge is -2.33. The highest BCUT2D eigenvalue weighted by atomic mass is 16.7. The first-order chi connectivity index (χ1) is 11.7. The Morgan fingerprint density at radius 2 is 1.92 bits per heavy atom. The summed E-state index contributed by atoms with van der Waals surface area (Å²) in [5, 5.41) is 0. The lowest BCUT2D eigenvalue weighted by Crippen LogP contribution is -2.37. The van der Waals surface area contributed by atoms with Gasteiger partial charge in [-0.15, -0.1) is 0 Å². The minimum Gasteiger partial charge on any atom is -0.465 e. The number of carbonyl (C=O) groups excluding carboxylic acids is 1. The molecule has 2 saturated heterocycles. The van der Waals surface area contributed by atoms with Crippen LogP contribution in [0.5, 0.6) is 0 Å². The van der Waals surface area contributed by atoms with Crippen LogP contribution < -0.4 is 0 Å². The van der Waals surface area contributed by atoms with E-state index in [-0.39, 0.29) is 17.2 Å². The third-order valence-corrected chi connectivity index (χ3v) is 6.51. The molecule has 24 heavy (non-hydrogen) atoms. The van der Waals surface area contributed by atoms with E-state index >= 15 is 0 Å². The van der Waals surface area contributed by atoms with Crippen molar-refractivity contribution in [2.24, 2.45) is 5.41 Å². The zero-order valence-electron chi connectivity index (χ0n) is 14.0. The predicted octanol–water partition coefficient (Wildman–Crippen LogP) is 3.12. The van der Waals surface area contributed by atoms with Crippen molar-refractivity contribution in [2.45, 2.75) is 56.7 Å². The number of carbonyl (C=O) groups is 1. The molecule has 5 rings (SSSR count). The minimum atomic E-state index is -0.354. The van der Waals surface area contributed by atoms with E-state index in [0.29, 0.717) is 18.9 Å². The van der Waals surface area contributed by atoms with Gasteiger partial charge in [0.15, 0.2) is 5.79 Å². The molecule has 4 nitrogen and oxygen atoms in total. The topological polar surface area (TPSA) is 44.8 Å². The summed E-state index contributed by atoms with van der Waals surface area (Å²) in [7, 11) is 0. The Bertz CT molecular complexity index is 676. The second-order valence-electron chi connectivity index (χ2n) is 8.09. The maximum Gasteiger partial charge on any atom is 0.306 e. The molecule has 0 radical (unpaired) electrons. The summed E-state index contributed by atoms with van der Waals surface area (Å²) in [5.74, 6) is 0.204. The Morgan fingerprint density at radius 1 is 1.04 bits per heavy atom. The first kappa shape index (κ1) is 14.9. The van der Waals surface area contributed by atoms with Crippen LogP contribution in [-0.4, -0.2) is 31.6 Å². The van der Waals surface area contributed by atoms with E-state index in [1.807, 2.05) is 0 Å². The summed E-state index contributed by atoms with van der Waals surface area (Å²) in [6.45, 7) is 2.07. The number of rotatable bonds is 1. The van der Waals surface area contributed by atoms with E-state index in [1.165, 1.54) is 23.1 Å². The molecule has 2 spiro atoms. The molecule has 4 heteroatoms. The fourth-order valence-electron chi connectivity index (χ4n) is 5.18. The second kappa shape index (κ2) is 5.30. The Labute approximate surface area is 142 Å². The molecule has 2 heterocycles. The maximum atomic E-state index is 11.5. The SMILES string of the molecule is O=C1C[C@@]2(CC[C@H](c3ccc4c(c3)CCC3(C4)OCCO3)C2)CO1. The van der Waals surface area contributed by atoms with Crippen molar-refractivity contribution in [3.05, 3.63) is 34.9 Å². The van der Waals surface area contributed by atoms with Crippen LogP contribution in [0.4, 0.5) is 0 Å². The molecule has 0 bridgehead atoms. The fourth-order valence-corrected chi connectivity index (χ4v) is 5.18. The normalized spacial score (nSPS) is 34.0. The van der Waals surface area contributed by atoms with Crippen molar-refractivity contribution in [3.8, 4) is 0 Å². The number of benzene rings is 1. The lowest BCUT2D eigenvalue weighted by molar-refractivity contribution is -0.163. The van der Waals surface area contributed by atoms with Gasteiger partial charge in [-0.25, -0.2) is 0 Å². The highest BCUT2D eigenvalue weighted by molar-refractivity contribution is 5.72. The minimum absolute atomic E-state index is 0.0112. The van der Waals surface area contributed by atoms with Crippen molar-refractivity contribution in [1.29, 1.82) is 0 Å². The quantitative estimate of drug-likeness (QED) is 0.743. The number of hydrogen-bond donors (Lipinski definition) is 0. The molecule has 128 valence electrons. The molecular formula is C20H24O4. The third kappa shape index (κ3) is 2.39. The first-order valence-corrected chi connectivity index (χ1v) is 9.21. The maximum absolute atomic E-state index is 11.5. The molecular weight excluding hydrogens is 304 g/mol. The van der Waals surface area contributed by atoms with Gasteiger partial charge in [0.2, 0.25) is 0 Å². The summed E-state index contributed by atoms with van der Waals surface area (Å²) in [4.78, 5) is 11.5. The molecule has 0 unspecified atom stereocenters. The number of hydrogen-bond acceptors (Lipinski definition) is 4. The molecule has 0 amide bonds. The van der Waals surface area contributed by atoms with Crippen LogP contribution in [0.1, 0.15) is 54.7 Å². The van der Waals surface area contributed by atoms with Gasteiger partial charge >= 0.3 is 5.97 Å². The molecule has 2 aliphatic heterocycles. The van der Waals surface area contributed by atoms with Crippen molar-refractivity contribution in [3.63, 3.8) is 0 Å². The standard InChI is InChI=1S/C20H24O4/c21-18-12-19(13-22-18)5-3-17(10-19)14-1-2-16-11-20(23-7-8-24-20)6-4-15(16)9-14/h1-2,9,17H,3-8,10-13H2/t17-,19-/m0/s1. The number of aryl methyl sites for hydroxylation is 1. The van der Waals surface area contributed by atoms with Crippen LogP contribution >= 0.6 is 0 Å². The molecule has 0 N–H and O–H groups in total. The van der Waals surface area contributed by atoms with Gasteiger partial charge in [-0.3, -0.25) is 4.79 Å². The fraction of sp³-hybridized carbons (Fsp3) is 0.650. The summed E-state index contributed by atoms with van der Waals surface area (Å²) in [5.41, 5.74) is 4.39. The first-order valence-electron chi connectivity index (χ1n) is 9.21. The molecule has 3 fully saturated rings. The van der Waals surface area contributed by atoms with Gasteiger partial charge in [0.05, 0.1) is 26.2 Å². The van der Waals surface area contributed by atoms with E-state index in [9.17, 15) is 4.79 Å². The monoisotopic (exact) mass is 328 g/mol. The smallest absolute Gasteiger partial charge is 0.306 e. The summed E-state index contributed by atoms with van der Waals surface area (Å²) >= 11 is 0. The molecule has 2 aliphatic carbocycles. The van der Waals surface area contributed by atoms with Gasteiger partial charge in [0.25, 0.3) is 0 Å². The Morgan fingerprint density at radius 3 is 2.71 bits per heavy atom. The van der Waals surface area contributed by atoms with Crippen LogP contribution in [0.3, 0.4) is 0 Å². The van der Waals surface area contributed by atoms with Gasteiger partial charge in [0, 0.05) is 18.3 Å². The molecule has 1 saturated carbocycles. The highest BCUT2D eigenvalue weighted by Gasteiger charge is 2.46. The average Bonchev–Trinajstić information content (AvgIpc) is 3.30. The molecule has 4 aliphatic rings. The molecule has 1 aromatic rings. The highest BCUT2D eigenvalue weighted by Crippen LogP contribution is 2.51. The average molecular weight is 328 g/mol. The van der Waals surface area contributed by atoms with E-state index < -0.39 is 0 Å². The van der Waals surface area contributed by atoms with Gasteiger partial charge in [-0.05, 0) is 48.3 Å². The van der Waals surface area contributed by atoms with Crippen LogP contribution in [0, 0.1) is 5.41 Å². The van der Waals surface area contributed by atoms with E-state index in [4.69, 9.17) is 14.2 Å². The Kier molecular flexibility index (Phi) is 3.29. The largest absolute Gasteiger partial charge is 0.465 e. The van der Waals surface area contributed by atoms with E-state index in [1.54, 1.807) is 0 Å². The number of ether oxygens (including phenoxy) is 3. The van der Waals surface area contributed by atoms with Crippen LogP contribution in [0.25, 0.3) is 0 Å². The molecule has 2 atom stereocenters. The number of cyclic esters (lactones) is 1. The van der Waals surface area contributed by atoms with Crippen molar-refractivity contribution in [2.75, 3.05) is 19.8 Å². The zero-order valence-corrected chi connectivity index (χ0v) is 14.0. The van der Waals surface area contributed by atoms with Crippen molar-refractivity contribution in [1.82, 2.24) is 0 Å². The van der Waals surface area contributed by atoms with Crippen LogP contribution in [0.15, 0.2) is 18.2 Å². The van der Waals surface area contributed by atoms with Gasteiger partial charge < -0.3 is 14.2 Å². The summed E-state index contributed by atoms with van der Waals surface area (Å²) in [6.07, 6.45) is 6.86. The van der Waals surface area contributed by atoms with Crippen molar-refractivity contribution < 1.29 is 19.0 Å². The Hall–Kier alpha value is -1.39. The summed E-state index contributed by atoms with van der Waals surface area (Å²) < 4.78 is 17.0. The Balaban J connectivity index is 1.35. The van der Waals surface area contributed by atoms with Gasteiger partial charge in [-0.2, -0.15) is 0 Å². The third-order valence-electron chi connectivity index (χ3n) is 6.51. The summed E-state index contributed by atoms with van der Waals surface area (Å²) in [6, 6.07) is 6.96. The number of esters is 1. The number of fused-ring (bicyclic) bond motifs is 1. The van der Waals surface area contributed by atoms with Gasteiger partial charge in [0.1, 0.15) is 0 Å². The molecule has 0 aromatic heterocycles. The predicted molar refractivity (Wildman–Crippen MR) is 87.7 cm³/mol. The van der Waals surface area contributed by atoms with E-state index in [0.717, 1.165) is 45.3 Å². The van der Waals surface area contributed by atoms with Crippen LogP contribution in [0.2, 0.25) is 0 Å². The lowest BCUT2D eigenvalue weighted by atomic mass is 9.81. The second-order valence-corrected chi connectivity index (χ2v) is 8.09. The van der Waals surface area contributed by atoms with Crippen LogP contribution in [-0.2, 0) is 31.8 Å². The van der Waals surface area contributed by atoms with Crippen molar-refractivity contribution >= 4 is 5.97 Å². The molecule has 1 aromatic carbocycles. The zero-order chi connectivity index (χ0) is 16.2.